The maximum atomic E-state index is 12.5. The van der Waals surface area contributed by atoms with Gasteiger partial charge in [0, 0.05) is 39.3 Å². The molecule has 7 nitrogen and oxygen atoms in total. The standard InChI is InChI=1S/C12H15N3O4S/c1-14-10-4-3-9(5-11(10)19-12(14)16)20(17,18)15(2)8-6-13-7-8/h3-5,8,13H,6-7H2,1-2H3. The highest BCUT2D eigenvalue weighted by Gasteiger charge is 2.32. The Labute approximate surface area is 115 Å². The lowest BCUT2D eigenvalue weighted by molar-refractivity contribution is 0.274. The Balaban J connectivity index is 2.07. The molecule has 1 aromatic heterocycles. The van der Waals surface area contributed by atoms with E-state index in [0.29, 0.717) is 18.6 Å². The molecule has 0 unspecified atom stereocenters. The molecule has 2 aromatic rings. The van der Waals surface area contributed by atoms with E-state index in [0.717, 1.165) is 0 Å². The van der Waals surface area contributed by atoms with Crippen LogP contribution < -0.4 is 11.1 Å². The maximum Gasteiger partial charge on any atom is 0.419 e. The van der Waals surface area contributed by atoms with Crippen molar-refractivity contribution in [3.8, 4) is 0 Å². The monoisotopic (exact) mass is 297 g/mol. The summed E-state index contributed by atoms with van der Waals surface area (Å²) in [6.45, 7) is 1.30. The van der Waals surface area contributed by atoms with Crippen molar-refractivity contribution in [3.05, 3.63) is 28.7 Å². The van der Waals surface area contributed by atoms with E-state index in [-0.39, 0.29) is 16.5 Å². The van der Waals surface area contributed by atoms with E-state index in [1.807, 2.05) is 0 Å². The molecule has 108 valence electrons. The zero-order valence-corrected chi connectivity index (χ0v) is 12.0. The van der Waals surface area contributed by atoms with E-state index in [9.17, 15) is 13.2 Å². The van der Waals surface area contributed by atoms with Crippen molar-refractivity contribution in [1.82, 2.24) is 14.2 Å². The van der Waals surface area contributed by atoms with Gasteiger partial charge in [0.05, 0.1) is 10.4 Å². The van der Waals surface area contributed by atoms with Crippen LogP contribution in [0.1, 0.15) is 0 Å². The fourth-order valence-electron chi connectivity index (χ4n) is 2.17. The van der Waals surface area contributed by atoms with Gasteiger partial charge in [0.15, 0.2) is 5.58 Å². The molecule has 1 aliphatic rings. The lowest BCUT2D eigenvalue weighted by Crippen LogP contribution is -2.57. The van der Waals surface area contributed by atoms with Crippen molar-refractivity contribution in [2.24, 2.45) is 7.05 Å². The fraction of sp³-hybridized carbons (Fsp3) is 0.417. The minimum absolute atomic E-state index is 0.0292. The first-order valence-electron chi connectivity index (χ1n) is 6.19. The summed E-state index contributed by atoms with van der Waals surface area (Å²) in [7, 11) is -0.433. The summed E-state index contributed by atoms with van der Waals surface area (Å²) in [4.78, 5) is 11.6. The molecular formula is C12H15N3O4S. The number of aromatic nitrogens is 1. The maximum absolute atomic E-state index is 12.5. The van der Waals surface area contributed by atoms with E-state index in [4.69, 9.17) is 4.42 Å². The van der Waals surface area contributed by atoms with Crippen LogP contribution >= 0.6 is 0 Å². The summed E-state index contributed by atoms with van der Waals surface area (Å²) in [6, 6.07) is 4.45. The van der Waals surface area contributed by atoms with Gasteiger partial charge < -0.3 is 9.73 Å². The smallest absolute Gasteiger partial charge is 0.408 e. The quantitative estimate of drug-likeness (QED) is 0.842. The van der Waals surface area contributed by atoms with Crippen molar-refractivity contribution in [1.29, 1.82) is 0 Å². The summed E-state index contributed by atoms with van der Waals surface area (Å²) in [5, 5.41) is 3.04. The highest BCUT2D eigenvalue weighted by Crippen LogP contribution is 2.22. The number of hydrogen-bond donors (Lipinski definition) is 1. The Kier molecular flexibility index (Phi) is 2.96. The van der Waals surface area contributed by atoms with Crippen molar-refractivity contribution in [2.45, 2.75) is 10.9 Å². The van der Waals surface area contributed by atoms with Gasteiger partial charge in [-0.3, -0.25) is 4.57 Å². The summed E-state index contributed by atoms with van der Waals surface area (Å²) in [5.41, 5.74) is 0.848. The minimum atomic E-state index is -3.57. The molecule has 1 fully saturated rings. The third-order valence-electron chi connectivity index (χ3n) is 3.71. The molecule has 0 atom stereocenters. The normalized spacial score (nSPS) is 16.8. The van der Waals surface area contributed by atoms with E-state index in [2.05, 4.69) is 5.32 Å². The van der Waals surface area contributed by atoms with Crippen LogP contribution in [-0.4, -0.2) is 43.5 Å². The number of likely N-dealkylation sites (N-methyl/N-ethyl adjacent to an activating group) is 1. The predicted octanol–water partition coefficient (Wildman–Crippen LogP) is -0.276. The zero-order chi connectivity index (χ0) is 14.5. The average molecular weight is 297 g/mol. The Hall–Kier alpha value is -1.64. The molecule has 3 rings (SSSR count). The van der Waals surface area contributed by atoms with Gasteiger partial charge in [-0.1, -0.05) is 0 Å². The van der Waals surface area contributed by atoms with Crippen LogP contribution in [0.4, 0.5) is 0 Å². The number of oxazole rings is 1. The molecule has 20 heavy (non-hydrogen) atoms. The van der Waals surface area contributed by atoms with Gasteiger partial charge in [0.2, 0.25) is 10.0 Å². The van der Waals surface area contributed by atoms with Crippen molar-refractivity contribution < 1.29 is 12.8 Å². The Morgan fingerprint density at radius 2 is 2.10 bits per heavy atom. The Bertz CT molecular complexity index is 817. The molecule has 2 heterocycles. The molecule has 8 heteroatoms. The van der Waals surface area contributed by atoms with Gasteiger partial charge >= 0.3 is 5.76 Å². The van der Waals surface area contributed by atoms with Crippen LogP contribution in [0.25, 0.3) is 11.1 Å². The molecule has 1 aromatic carbocycles. The van der Waals surface area contributed by atoms with Crippen LogP contribution in [0.5, 0.6) is 0 Å². The fourth-order valence-corrected chi connectivity index (χ4v) is 3.54. The highest BCUT2D eigenvalue weighted by atomic mass is 32.2. The summed E-state index contributed by atoms with van der Waals surface area (Å²) < 4.78 is 32.7. The van der Waals surface area contributed by atoms with Crippen LogP contribution in [0.2, 0.25) is 0 Å². The van der Waals surface area contributed by atoms with Gasteiger partial charge in [0.1, 0.15) is 0 Å². The van der Waals surface area contributed by atoms with Crippen molar-refractivity contribution in [2.75, 3.05) is 20.1 Å². The van der Waals surface area contributed by atoms with Crippen LogP contribution in [0, 0.1) is 0 Å². The summed E-state index contributed by atoms with van der Waals surface area (Å²) in [6.07, 6.45) is 0. The van der Waals surface area contributed by atoms with Crippen LogP contribution in [0.15, 0.2) is 32.3 Å². The van der Waals surface area contributed by atoms with Crippen molar-refractivity contribution >= 4 is 21.1 Å². The van der Waals surface area contributed by atoms with Gasteiger partial charge in [0.25, 0.3) is 0 Å². The predicted molar refractivity (Wildman–Crippen MR) is 73.1 cm³/mol. The number of sulfonamides is 1. The lowest BCUT2D eigenvalue weighted by Gasteiger charge is -2.34. The van der Waals surface area contributed by atoms with Gasteiger partial charge in [-0.15, -0.1) is 0 Å². The van der Waals surface area contributed by atoms with E-state index >= 15 is 0 Å². The molecule has 1 N–H and O–H groups in total. The van der Waals surface area contributed by atoms with Gasteiger partial charge in [-0.2, -0.15) is 4.31 Å². The number of benzene rings is 1. The first kappa shape index (κ1) is 13.3. The molecule has 0 aliphatic carbocycles. The van der Waals surface area contributed by atoms with Gasteiger partial charge in [-0.25, -0.2) is 13.2 Å². The largest absolute Gasteiger partial charge is 0.419 e. The third kappa shape index (κ3) is 1.88. The number of hydrogen-bond acceptors (Lipinski definition) is 5. The molecule has 0 radical (unpaired) electrons. The number of aryl methyl sites for hydroxylation is 1. The van der Waals surface area contributed by atoms with Gasteiger partial charge in [-0.05, 0) is 12.1 Å². The number of nitrogens with zero attached hydrogens (tertiary/aromatic N) is 2. The Morgan fingerprint density at radius 3 is 2.70 bits per heavy atom. The van der Waals surface area contributed by atoms with Crippen LogP contribution in [0.3, 0.4) is 0 Å². The first-order valence-corrected chi connectivity index (χ1v) is 7.63. The summed E-state index contributed by atoms with van der Waals surface area (Å²) >= 11 is 0. The second-order valence-corrected chi connectivity index (χ2v) is 6.89. The second-order valence-electron chi connectivity index (χ2n) is 4.89. The topological polar surface area (TPSA) is 84.6 Å². The summed E-state index contributed by atoms with van der Waals surface area (Å²) in [5.74, 6) is -0.508. The Morgan fingerprint density at radius 1 is 1.40 bits per heavy atom. The van der Waals surface area contributed by atoms with E-state index in [1.54, 1.807) is 20.2 Å². The third-order valence-corrected chi connectivity index (χ3v) is 5.62. The first-order chi connectivity index (χ1) is 9.41. The van der Waals surface area contributed by atoms with Crippen molar-refractivity contribution in [3.63, 3.8) is 0 Å². The van der Waals surface area contributed by atoms with Crippen LogP contribution in [-0.2, 0) is 17.1 Å². The molecule has 0 bridgehead atoms. The molecule has 0 amide bonds. The van der Waals surface area contributed by atoms with E-state index < -0.39 is 15.8 Å². The molecule has 1 aliphatic heterocycles. The van der Waals surface area contributed by atoms with E-state index in [1.165, 1.54) is 21.0 Å². The molecular weight excluding hydrogens is 282 g/mol. The molecule has 0 saturated carbocycles. The molecule has 0 spiro atoms. The lowest BCUT2D eigenvalue weighted by atomic mass is 10.2. The minimum Gasteiger partial charge on any atom is -0.408 e. The average Bonchev–Trinajstić information content (AvgIpc) is 2.62. The SMILES string of the molecule is CN(C1CNC1)S(=O)(=O)c1ccc2c(c1)oc(=O)n2C. The number of fused-ring (bicyclic) bond motifs is 1. The zero-order valence-electron chi connectivity index (χ0n) is 11.2. The second kappa shape index (κ2) is 4.44. The highest BCUT2D eigenvalue weighted by molar-refractivity contribution is 7.89. The number of rotatable bonds is 3. The molecule has 1 saturated heterocycles. The number of nitrogens with one attached hydrogen (secondary N) is 1.